The molecule has 11 nitrogen and oxygen atoms in total. The van der Waals surface area contributed by atoms with E-state index >= 15 is 0 Å². The minimum absolute atomic E-state index is 0.00815. The average Bonchev–Trinajstić information content (AvgIpc) is 3.54. The number of rotatable bonds is 11. The van der Waals surface area contributed by atoms with E-state index in [9.17, 15) is 19.2 Å². The lowest BCUT2D eigenvalue weighted by molar-refractivity contribution is -0.139. The summed E-state index contributed by atoms with van der Waals surface area (Å²) in [5, 5.41) is 8.16. The summed E-state index contributed by atoms with van der Waals surface area (Å²) < 4.78 is 4.70. The number of alkyl carbamates (subject to hydrolysis) is 1. The molecular formula is C37H48N6O5. The second-order valence-corrected chi connectivity index (χ2v) is 13.7. The highest BCUT2D eigenvalue weighted by molar-refractivity contribution is 6.00. The van der Waals surface area contributed by atoms with Gasteiger partial charge < -0.3 is 37.1 Å². The van der Waals surface area contributed by atoms with Gasteiger partial charge in [-0.05, 0) is 77.1 Å². The number of nitrogens with zero attached hydrogens (tertiary/aromatic N) is 1. The van der Waals surface area contributed by atoms with Crippen LogP contribution in [0.1, 0.15) is 75.6 Å². The van der Waals surface area contributed by atoms with Gasteiger partial charge in [-0.25, -0.2) is 4.79 Å². The van der Waals surface area contributed by atoms with E-state index in [-0.39, 0.29) is 29.1 Å². The molecule has 1 aliphatic heterocycles. The van der Waals surface area contributed by atoms with Crippen molar-refractivity contribution in [3.63, 3.8) is 0 Å². The molecule has 11 heteroatoms. The first-order chi connectivity index (χ1) is 22.7. The van der Waals surface area contributed by atoms with Crippen LogP contribution in [0.2, 0.25) is 0 Å². The maximum atomic E-state index is 13.5. The third kappa shape index (κ3) is 8.44. The number of benzene rings is 3. The lowest BCUT2D eigenvalue weighted by Crippen LogP contribution is -2.54. The SMILES string of the molecule is COC(=O)NC(C(=O)N1CCCC1C(=O)Nc1ccc(CC(c2ccc(C(C)(C)C)cc2)c2ccc(NC=O)c(N)c2)cc1N)C(C)C. The van der Waals surface area contributed by atoms with Gasteiger partial charge >= 0.3 is 6.09 Å². The van der Waals surface area contributed by atoms with Crippen LogP contribution in [0.25, 0.3) is 0 Å². The van der Waals surface area contributed by atoms with Crippen molar-refractivity contribution in [2.45, 2.75) is 77.3 Å². The third-order valence-corrected chi connectivity index (χ3v) is 8.92. The predicted octanol–water partition coefficient (Wildman–Crippen LogP) is 5.40. The van der Waals surface area contributed by atoms with Gasteiger partial charge in [0.2, 0.25) is 18.2 Å². The van der Waals surface area contributed by atoms with Crippen LogP contribution in [0.15, 0.2) is 60.7 Å². The highest BCUT2D eigenvalue weighted by Gasteiger charge is 2.39. The molecule has 1 heterocycles. The second kappa shape index (κ2) is 15.2. The average molecular weight is 657 g/mol. The Morgan fingerprint density at radius 1 is 0.958 bits per heavy atom. The number of anilines is 4. The molecule has 48 heavy (non-hydrogen) atoms. The van der Waals surface area contributed by atoms with E-state index < -0.39 is 18.2 Å². The van der Waals surface area contributed by atoms with Crippen molar-refractivity contribution in [2.75, 3.05) is 35.8 Å². The van der Waals surface area contributed by atoms with Gasteiger partial charge in [-0.2, -0.15) is 0 Å². The first kappa shape index (κ1) is 35.8. The molecule has 0 aromatic heterocycles. The number of hydrogen-bond donors (Lipinski definition) is 5. The third-order valence-electron chi connectivity index (χ3n) is 8.92. The van der Waals surface area contributed by atoms with Gasteiger partial charge in [0.1, 0.15) is 12.1 Å². The van der Waals surface area contributed by atoms with Crippen molar-refractivity contribution in [1.82, 2.24) is 10.2 Å². The van der Waals surface area contributed by atoms with Crippen LogP contribution in [0.3, 0.4) is 0 Å². The number of methoxy groups -OCH3 is 1. The number of nitrogens with two attached hydrogens (primary N) is 2. The molecule has 7 N–H and O–H groups in total. The number of ether oxygens (including phenoxy) is 1. The molecule has 0 bridgehead atoms. The summed E-state index contributed by atoms with van der Waals surface area (Å²) >= 11 is 0. The van der Waals surface area contributed by atoms with E-state index in [2.05, 4.69) is 61.0 Å². The van der Waals surface area contributed by atoms with Crippen molar-refractivity contribution in [1.29, 1.82) is 0 Å². The Morgan fingerprint density at radius 2 is 1.60 bits per heavy atom. The fraction of sp³-hybridized carbons (Fsp3) is 0.405. The van der Waals surface area contributed by atoms with E-state index in [4.69, 9.17) is 16.2 Å². The van der Waals surface area contributed by atoms with Crippen LogP contribution in [-0.4, -0.2) is 55.0 Å². The summed E-state index contributed by atoms with van der Waals surface area (Å²) in [4.78, 5) is 51.3. The number of likely N-dealkylation sites (tertiary alicyclic amines) is 1. The molecule has 4 amide bonds. The molecule has 0 spiro atoms. The molecule has 1 aliphatic rings. The zero-order chi connectivity index (χ0) is 35.2. The van der Waals surface area contributed by atoms with Crippen molar-refractivity contribution in [3.05, 3.63) is 82.9 Å². The zero-order valence-electron chi connectivity index (χ0n) is 28.6. The molecule has 3 atom stereocenters. The summed E-state index contributed by atoms with van der Waals surface area (Å²) in [6, 6.07) is 18.3. The van der Waals surface area contributed by atoms with Crippen molar-refractivity contribution < 1.29 is 23.9 Å². The minimum Gasteiger partial charge on any atom is -0.453 e. The molecular weight excluding hydrogens is 608 g/mol. The number of carbonyl (C=O) groups excluding carboxylic acids is 4. The van der Waals surface area contributed by atoms with E-state index in [1.54, 1.807) is 12.1 Å². The summed E-state index contributed by atoms with van der Waals surface area (Å²) in [7, 11) is 1.24. The fourth-order valence-electron chi connectivity index (χ4n) is 6.12. The second-order valence-electron chi connectivity index (χ2n) is 13.7. The summed E-state index contributed by atoms with van der Waals surface area (Å²) in [5.74, 6) is -0.936. The Bertz CT molecular complexity index is 1630. The summed E-state index contributed by atoms with van der Waals surface area (Å²) in [5.41, 5.74) is 18.9. The largest absolute Gasteiger partial charge is 0.453 e. The molecule has 4 rings (SSSR count). The van der Waals surface area contributed by atoms with Crippen molar-refractivity contribution in [3.8, 4) is 0 Å². The molecule has 3 aromatic carbocycles. The summed E-state index contributed by atoms with van der Waals surface area (Å²) in [6.45, 7) is 10.6. The quantitative estimate of drug-likeness (QED) is 0.136. The van der Waals surface area contributed by atoms with Crippen LogP contribution in [0.4, 0.5) is 27.5 Å². The normalized spacial score (nSPS) is 15.8. The standard InChI is InChI=1S/C37H48N6O5/c1-22(2)33(42-36(47)48-6)35(46)43-17-7-8-32(43)34(45)41-31-15-9-23(19-28(31)38)18-27(24-10-13-26(14-11-24)37(3,4)5)25-12-16-30(40-21-44)29(39)20-25/h9-16,19-22,27,32-33H,7-8,17-18,38-39H2,1-6H3,(H,40,44)(H,41,45)(H,42,47). The predicted molar refractivity (Wildman–Crippen MR) is 190 cm³/mol. The Hall–Kier alpha value is -5.06. The maximum absolute atomic E-state index is 13.5. The van der Waals surface area contributed by atoms with E-state index in [0.717, 1.165) is 16.7 Å². The molecule has 0 radical (unpaired) electrons. The number of amides is 4. The summed E-state index contributed by atoms with van der Waals surface area (Å²) in [6.07, 6.45) is 1.66. The van der Waals surface area contributed by atoms with Crippen LogP contribution in [-0.2, 0) is 31.0 Å². The lowest BCUT2D eigenvalue weighted by Gasteiger charge is -2.30. The Balaban J connectivity index is 1.55. The molecule has 0 saturated carbocycles. The van der Waals surface area contributed by atoms with Gasteiger partial charge in [0, 0.05) is 12.5 Å². The fourth-order valence-corrected chi connectivity index (χ4v) is 6.12. The lowest BCUT2D eigenvalue weighted by atomic mass is 9.82. The molecule has 1 fully saturated rings. The Morgan fingerprint density at radius 3 is 2.19 bits per heavy atom. The number of nitrogens with one attached hydrogen (secondary N) is 3. The van der Waals surface area contributed by atoms with Crippen LogP contribution >= 0.6 is 0 Å². The van der Waals surface area contributed by atoms with E-state index in [1.807, 2.05) is 38.1 Å². The number of hydrogen-bond acceptors (Lipinski definition) is 7. The number of nitrogen functional groups attached to an aromatic ring is 2. The van der Waals surface area contributed by atoms with Gasteiger partial charge in [-0.15, -0.1) is 0 Å². The van der Waals surface area contributed by atoms with Gasteiger partial charge in [0.25, 0.3) is 0 Å². The van der Waals surface area contributed by atoms with Gasteiger partial charge in [0.05, 0.1) is 29.9 Å². The van der Waals surface area contributed by atoms with E-state index in [1.165, 1.54) is 17.6 Å². The maximum Gasteiger partial charge on any atom is 0.407 e. The molecule has 1 saturated heterocycles. The Kier molecular flexibility index (Phi) is 11.4. The van der Waals surface area contributed by atoms with Crippen molar-refractivity contribution >= 4 is 47.1 Å². The first-order valence-corrected chi connectivity index (χ1v) is 16.3. The van der Waals surface area contributed by atoms with Crippen molar-refractivity contribution in [2.24, 2.45) is 5.92 Å². The smallest absolute Gasteiger partial charge is 0.407 e. The molecule has 256 valence electrons. The topological polar surface area (TPSA) is 169 Å². The first-order valence-electron chi connectivity index (χ1n) is 16.3. The Labute approximate surface area is 282 Å². The zero-order valence-corrected chi connectivity index (χ0v) is 28.6. The van der Waals surface area contributed by atoms with Crippen LogP contribution in [0.5, 0.6) is 0 Å². The highest BCUT2D eigenvalue weighted by Crippen LogP contribution is 2.35. The minimum atomic E-state index is -0.819. The van der Waals surface area contributed by atoms with Gasteiger partial charge in [-0.1, -0.05) is 71.0 Å². The molecule has 3 unspecified atom stereocenters. The monoisotopic (exact) mass is 656 g/mol. The van der Waals surface area contributed by atoms with E-state index in [0.29, 0.717) is 55.0 Å². The highest BCUT2D eigenvalue weighted by atomic mass is 16.5. The van der Waals surface area contributed by atoms with Gasteiger partial charge in [0.15, 0.2) is 0 Å². The molecule has 3 aromatic rings. The van der Waals surface area contributed by atoms with Crippen LogP contribution < -0.4 is 27.4 Å². The molecule has 0 aliphatic carbocycles. The van der Waals surface area contributed by atoms with Gasteiger partial charge in [-0.3, -0.25) is 14.4 Å². The van der Waals surface area contributed by atoms with Crippen LogP contribution in [0, 0.1) is 5.92 Å². The number of carbonyl (C=O) groups is 4.